The number of benzene rings is 1. The summed E-state index contributed by atoms with van der Waals surface area (Å²) in [5.41, 5.74) is 0.852. The van der Waals surface area contributed by atoms with Gasteiger partial charge < -0.3 is 9.47 Å². The fourth-order valence-electron chi connectivity index (χ4n) is 1.39. The number of hydrogen-bond acceptors (Lipinski definition) is 4. The average molecular weight is 192 g/mol. The van der Waals surface area contributed by atoms with Crippen molar-refractivity contribution in [2.24, 2.45) is 0 Å². The monoisotopic (exact) mass is 192 g/mol. The molecule has 14 heavy (non-hydrogen) atoms. The number of carbonyl (C=O) groups is 2. The molecule has 0 N–H and O–H groups in total. The lowest BCUT2D eigenvalue weighted by Crippen LogP contribution is -1.97. The van der Waals surface area contributed by atoms with Gasteiger partial charge >= 0.3 is 0 Å². The Labute approximate surface area is 80.4 Å². The van der Waals surface area contributed by atoms with Crippen molar-refractivity contribution < 1.29 is 19.1 Å². The van der Waals surface area contributed by atoms with Crippen molar-refractivity contribution in [3.8, 4) is 11.5 Å². The fourth-order valence-corrected chi connectivity index (χ4v) is 1.39. The molecule has 1 aromatic carbocycles. The number of fused-ring (bicyclic) bond motifs is 1. The van der Waals surface area contributed by atoms with Crippen molar-refractivity contribution >= 4 is 12.1 Å². The Hall–Kier alpha value is -1.84. The molecule has 0 amide bonds. The van der Waals surface area contributed by atoms with Crippen LogP contribution in [0.15, 0.2) is 12.1 Å². The van der Waals surface area contributed by atoms with Gasteiger partial charge in [0.15, 0.2) is 23.6 Å². The first-order valence-corrected chi connectivity index (χ1v) is 4.12. The van der Waals surface area contributed by atoms with Gasteiger partial charge in [0.2, 0.25) is 6.79 Å². The van der Waals surface area contributed by atoms with Gasteiger partial charge in [-0.05, 0) is 19.1 Å². The Morgan fingerprint density at radius 3 is 2.71 bits per heavy atom. The Bertz CT molecular complexity index is 409. The van der Waals surface area contributed by atoms with E-state index in [0.29, 0.717) is 28.9 Å². The Morgan fingerprint density at radius 2 is 2.07 bits per heavy atom. The minimum absolute atomic E-state index is 0.0560. The van der Waals surface area contributed by atoms with Crippen LogP contribution in [0.25, 0.3) is 0 Å². The number of rotatable bonds is 2. The zero-order chi connectivity index (χ0) is 10.1. The van der Waals surface area contributed by atoms with Gasteiger partial charge in [-0.3, -0.25) is 9.59 Å². The first-order valence-electron chi connectivity index (χ1n) is 4.12. The van der Waals surface area contributed by atoms with Crippen molar-refractivity contribution in [2.75, 3.05) is 6.79 Å². The molecule has 1 aliphatic heterocycles. The van der Waals surface area contributed by atoms with E-state index < -0.39 is 0 Å². The van der Waals surface area contributed by atoms with Gasteiger partial charge in [-0.15, -0.1) is 0 Å². The van der Waals surface area contributed by atoms with E-state index in [4.69, 9.17) is 9.47 Å². The zero-order valence-electron chi connectivity index (χ0n) is 7.57. The van der Waals surface area contributed by atoms with Gasteiger partial charge in [0, 0.05) is 0 Å². The lowest BCUT2D eigenvalue weighted by molar-refractivity contribution is 0.101. The molecule has 0 fully saturated rings. The molecule has 4 heteroatoms. The first-order chi connectivity index (χ1) is 6.74. The van der Waals surface area contributed by atoms with Crippen LogP contribution in [-0.2, 0) is 0 Å². The summed E-state index contributed by atoms with van der Waals surface area (Å²) in [6.45, 7) is 1.50. The molecular formula is C10H8O4. The average Bonchev–Trinajstić information content (AvgIpc) is 2.64. The summed E-state index contributed by atoms with van der Waals surface area (Å²) in [7, 11) is 0. The highest BCUT2D eigenvalue weighted by molar-refractivity contribution is 5.99. The van der Waals surface area contributed by atoms with Crippen LogP contribution in [0, 0.1) is 0 Å². The highest BCUT2D eigenvalue weighted by atomic mass is 16.7. The predicted octanol–water partition coefficient (Wildman–Crippen LogP) is 1.43. The molecular weight excluding hydrogens is 184 g/mol. The van der Waals surface area contributed by atoms with Gasteiger partial charge in [0.1, 0.15) is 0 Å². The van der Waals surface area contributed by atoms with Gasteiger partial charge in [0.05, 0.1) is 11.1 Å². The van der Waals surface area contributed by atoms with Gasteiger partial charge in [-0.25, -0.2) is 0 Å². The molecule has 2 rings (SSSR count). The molecule has 0 saturated heterocycles. The third-order valence-electron chi connectivity index (χ3n) is 2.06. The van der Waals surface area contributed by atoms with E-state index in [9.17, 15) is 9.59 Å². The van der Waals surface area contributed by atoms with Gasteiger partial charge in [-0.2, -0.15) is 0 Å². The number of carbonyl (C=O) groups excluding carboxylic acids is 2. The minimum atomic E-state index is -0.107. The maximum atomic E-state index is 11.2. The van der Waals surface area contributed by atoms with E-state index in [1.807, 2.05) is 0 Å². The second-order valence-corrected chi connectivity index (χ2v) is 2.94. The van der Waals surface area contributed by atoms with Crippen LogP contribution in [0.2, 0.25) is 0 Å². The molecule has 0 saturated carbocycles. The molecule has 1 heterocycles. The molecule has 4 nitrogen and oxygen atoms in total. The van der Waals surface area contributed by atoms with Crippen molar-refractivity contribution in [1.82, 2.24) is 0 Å². The van der Waals surface area contributed by atoms with Gasteiger partial charge in [0.25, 0.3) is 0 Å². The normalized spacial score (nSPS) is 12.6. The smallest absolute Gasteiger partial charge is 0.231 e. The quantitative estimate of drug-likeness (QED) is 0.525. The summed E-state index contributed by atoms with van der Waals surface area (Å²) in [5.74, 6) is 0.638. The summed E-state index contributed by atoms with van der Waals surface area (Å²) >= 11 is 0. The van der Waals surface area contributed by atoms with Crippen LogP contribution in [0.4, 0.5) is 0 Å². The molecule has 0 unspecified atom stereocenters. The molecule has 0 spiro atoms. The largest absolute Gasteiger partial charge is 0.453 e. The standard InChI is InChI=1S/C10H8O4/c1-6(12)8-3-2-7(4-11)9-10(8)14-5-13-9/h2-4H,5H2,1H3. The lowest BCUT2D eigenvalue weighted by atomic mass is 10.1. The van der Waals surface area contributed by atoms with Crippen LogP contribution >= 0.6 is 0 Å². The number of hydrogen-bond donors (Lipinski definition) is 0. The SMILES string of the molecule is CC(=O)c1ccc(C=O)c2c1OCO2. The van der Waals surface area contributed by atoms with E-state index in [1.54, 1.807) is 12.1 Å². The number of aldehydes is 1. The van der Waals surface area contributed by atoms with E-state index in [-0.39, 0.29) is 12.6 Å². The Balaban J connectivity index is 2.64. The minimum Gasteiger partial charge on any atom is -0.453 e. The third-order valence-corrected chi connectivity index (χ3v) is 2.06. The molecule has 0 aliphatic carbocycles. The molecule has 0 bridgehead atoms. The molecule has 1 aliphatic rings. The molecule has 1 aromatic rings. The van der Waals surface area contributed by atoms with E-state index in [0.717, 1.165) is 0 Å². The molecule has 0 radical (unpaired) electrons. The second-order valence-electron chi connectivity index (χ2n) is 2.94. The summed E-state index contributed by atoms with van der Waals surface area (Å²) in [4.78, 5) is 21.8. The number of Topliss-reactive ketones (excluding diaryl/α,β-unsaturated/α-hetero) is 1. The highest BCUT2D eigenvalue weighted by Crippen LogP contribution is 2.38. The van der Waals surface area contributed by atoms with Crippen molar-refractivity contribution in [3.05, 3.63) is 23.3 Å². The number of ketones is 1. The maximum absolute atomic E-state index is 11.2. The highest BCUT2D eigenvalue weighted by Gasteiger charge is 2.23. The molecule has 72 valence electrons. The van der Waals surface area contributed by atoms with Crippen molar-refractivity contribution in [2.45, 2.75) is 6.92 Å². The maximum Gasteiger partial charge on any atom is 0.231 e. The Morgan fingerprint density at radius 1 is 1.36 bits per heavy atom. The predicted molar refractivity (Wildman–Crippen MR) is 48.0 cm³/mol. The van der Waals surface area contributed by atoms with Crippen LogP contribution in [0.3, 0.4) is 0 Å². The molecule has 0 aromatic heterocycles. The van der Waals surface area contributed by atoms with Crippen LogP contribution in [0.5, 0.6) is 11.5 Å². The van der Waals surface area contributed by atoms with Crippen LogP contribution < -0.4 is 9.47 Å². The zero-order valence-corrected chi connectivity index (χ0v) is 7.57. The van der Waals surface area contributed by atoms with Crippen molar-refractivity contribution in [1.29, 1.82) is 0 Å². The van der Waals surface area contributed by atoms with E-state index >= 15 is 0 Å². The van der Waals surface area contributed by atoms with E-state index in [2.05, 4.69) is 0 Å². The van der Waals surface area contributed by atoms with Crippen molar-refractivity contribution in [3.63, 3.8) is 0 Å². The topological polar surface area (TPSA) is 52.6 Å². The summed E-state index contributed by atoms with van der Waals surface area (Å²) in [6.07, 6.45) is 0.678. The Kier molecular flexibility index (Phi) is 1.96. The third kappa shape index (κ3) is 1.16. The fraction of sp³-hybridized carbons (Fsp3) is 0.200. The van der Waals surface area contributed by atoms with Crippen LogP contribution in [0.1, 0.15) is 27.6 Å². The first kappa shape index (κ1) is 8.74. The number of ether oxygens (including phenoxy) is 2. The molecule has 0 atom stereocenters. The van der Waals surface area contributed by atoms with E-state index in [1.165, 1.54) is 6.92 Å². The lowest BCUT2D eigenvalue weighted by Gasteiger charge is -2.03. The second kappa shape index (κ2) is 3.14. The van der Waals surface area contributed by atoms with Gasteiger partial charge in [-0.1, -0.05) is 0 Å². The summed E-state index contributed by atoms with van der Waals surface area (Å²) in [6, 6.07) is 3.12. The summed E-state index contributed by atoms with van der Waals surface area (Å²) < 4.78 is 10.2. The van der Waals surface area contributed by atoms with Crippen LogP contribution in [-0.4, -0.2) is 18.9 Å². The summed E-state index contributed by atoms with van der Waals surface area (Å²) in [5, 5.41) is 0.